The molecule has 0 saturated carbocycles. The van der Waals surface area contributed by atoms with Gasteiger partial charge in [0.15, 0.2) is 0 Å². The minimum absolute atomic E-state index is 0.180. The Morgan fingerprint density at radius 1 is 1.13 bits per heavy atom. The first-order valence-corrected chi connectivity index (χ1v) is 11.1. The normalized spacial score (nSPS) is 18.5. The number of carboxylic acid groups (broad SMARTS) is 1. The molecule has 1 unspecified atom stereocenters. The zero-order valence-corrected chi connectivity index (χ0v) is 18.8. The molecule has 31 heavy (non-hydrogen) atoms. The molecule has 0 saturated heterocycles. The highest BCUT2D eigenvalue weighted by Crippen LogP contribution is 2.17. The smallest absolute Gasteiger partial charge is 0.326 e. The number of aryl methyl sites for hydroxylation is 1. The van der Waals surface area contributed by atoms with Crippen LogP contribution in [0.3, 0.4) is 0 Å². The molecule has 1 amide bonds. The second-order valence-corrected chi connectivity index (χ2v) is 7.06. The van der Waals surface area contributed by atoms with Gasteiger partial charge in [-0.1, -0.05) is 75.1 Å². The van der Waals surface area contributed by atoms with E-state index in [2.05, 4.69) is 23.3 Å². The molecule has 168 valence electrons. The van der Waals surface area contributed by atoms with Gasteiger partial charge in [0.2, 0.25) is 5.91 Å². The third-order valence-electron chi connectivity index (χ3n) is 4.68. The van der Waals surface area contributed by atoms with Gasteiger partial charge < -0.3 is 15.7 Å². The van der Waals surface area contributed by atoms with Gasteiger partial charge in [-0.2, -0.15) is 0 Å². The summed E-state index contributed by atoms with van der Waals surface area (Å²) in [7, 11) is 0. The van der Waals surface area contributed by atoms with E-state index >= 15 is 0 Å². The summed E-state index contributed by atoms with van der Waals surface area (Å²) in [6.07, 6.45) is 13.7. The second-order valence-electron chi connectivity index (χ2n) is 7.06. The highest BCUT2D eigenvalue weighted by Gasteiger charge is 2.22. The lowest BCUT2D eigenvalue weighted by molar-refractivity contribution is -0.141. The highest BCUT2D eigenvalue weighted by atomic mass is 16.4. The number of nitrogens with one attached hydrogen (secondary N) is 2. The van der Waals surface area contributed by atoms with E-state index in [1.54, 1.807) is 6.20 Å². The summed E-state index contributed by atoms with van der Waals surface area (Å²) in [6, 6.07) is 8.95. The summed E-state index contributed by atoms with van der Waals surface area (Å²) in [5.41, 5.74) is 2.69. The number of amides is 1. The van der Waals surface area contributed by atoms with Gasteiger partial charge >= 0.3 is 5.97 Å². The van der Waals surface area contributed by atoms with Crippen molar-refractivity contribution in [3.05, 3.63) is 84.1 Å². The van der Waals surface area contributed by atoms with E-state index in [-0.39, 0.29) is 12.3 Å². The molecule has 1 aliphatic rings. The number of benzene rings is 1. The molecule has 0 radical (unpaired) electrons. The molecule has 2 rings (SSSR count). The first kappa shape index (κ1) is 26.0. The van der Waals surface area contributed by atoms with Gasteiger partial charge in [0.25, 0.3) is 0 Å². The van der Waals surface area contributed by atoms with Gasteiger partial charge in [-0.05, 0) is 42.4 Å². The molecule has 5 heteroatoms. The van der Waals surface area contributed by atoms with Gasteiger partial charge in [-0.25, -0.2) is 4.79 Å². The van der Waals surface area contributed by atoms with Crippen molar-refractivity contribution in [2.75, 3.05) is 6.54 Å². The van der Waals surface area contributed by atoms with Crippen molar-refractivity contribution in [2.24, 2.45) is 0 Å². The van der Waals surface area contributed by atoms with Crippen LogP contribution in [0.25, 0.3) is 0 Å². The van der Waals surface area contributed by atoms with Crippen LogP contribution in [0, 0.1) is 0 Å². The Labute approximate surface area is 186 Å². The molecule has 0 bridgehead atoms. The molecular weight excluding hydrogens is 388 g/mol. The van der Waals surface area contributed by atoms with E-state index in [4.69, 9.17) is 0 Å². The fraction of sp³-hybridized carbons (Fsp3) is 0.385. The van der Waals surface area contributed by atoms with Crippen molar-refractivity contribution in [2.45, 2.75) is 58.4 Å². The maximum Gasteiger partial charge on any atom is 0.326 e. The van der Waals surface area contributed by atoms with Gasteiger partial charge in [-0.3, -0.25) is 4.79 Å². The van der Waals surface area contributed by atoms with Crippen LogP contribution in [-0.4, -0.2) is 29.6 Å². The van der Waals surface area contributed by atoms with Crippen molar-refractivity contribution in [1.82, 2.24) is 10.6 Å². The fourth-order valence-corrected chi connectivity index (χ4v) is 3.04. The molecule has 5 nitrogen and oxygen atoms in total. The molecular formula is C26H36N2O3. The summed E-state index contributed by atoms with van der Waals surface area (Å²) >= 11 is 0. The van der Waals surface area contributed by atoms with E-state index in [1.807, 2.05) is 62.4 Å². The zero-order chi connectivity index (χ0) is 22.9. The summed E-state index contributed by atoms with van der Waals surface area (Å²) in [6.45, 7) is 8.72. The maximum atomic E-state index is 12.3. The third kappa shape index (κ3) is 11.0. The number of carboxylic acids is 1. The predicted octanol–water partition coefficient (Wildman–Crippen LogP) is 4.93. The minimum Gasteiger partial charge on any atom is -0.480 e. The Bertz CT molecular complexity index is 779. The Kier molecular flexibility index (Phi) is 13.2. The molecule has 1 aromatic carbocycles. The van der Waals surface area contributed by atoms with Crippen LogP contribution in [0.5, 0.6) is 0 Å². The van der Waals surface area contributed by atoms with Crippen LogP contribution in [0.4, 0.5) is 0 Å². The third-order valence-corrected chi connectivity index (χ3v) is 4.68. The number of aliphatic carboxylic acids is 1. The van der Waals surface area contributed by atoms with E-state index in [9.17, 15) is 14.7 Å². The quantitative estimate of drug-likeness (QED) is 0.517. The first-order chi connectivity index (χ1) is 15.1. The van der Waals surface area contributed by atoms with Crippen molar-refractivity contribution in [3.63, 3.8) is 0 Å². The second kappa shape index (κ2) is 15.7. The molecule has 3 N–H and O–H groups in total. The lowest BCUT2D eigenvalue weighted by Crippen LogP contribution is -2.41. The van der Waals surface area contributed by atoms with Gasteiger partial charge in [0.05, 0.1) is 0 Å². The Balaban J connectivity index is 0.00000233. The van der Waals surface area contributed by atoms with Crippen LogP contribution in [0.15, 0.2) is 78.6 Å². The summed E-state index contributed by atoms with van der Waals surface area (Å²) in [5, 5.41) is 15.4. The molecule has 1 aliphatic heterocycles. The Morgan fingerprint density at radius 3 is 2.55 bits per heavy atom. The SMILES string of the molecule is C=C1/C=C\CC/C=C\CN/C=C\1CC(NC(=O)CCCc1ccccc1)C(=O)O.CC. The van der Waals surface area contributed by atoms with Gasteiger partial charge in [-0.15, -0.1) is 0 Å². The summed E-state index contributed by atoms with van der Waals surface area (Å²) in [5.74, 6) is -1.30. The number of carbonyl (C=O) groups is 2. The van der Waals surface area contributed by atoms with Gasteiger partial charge in [0.1, 0.15) is 6.04 Å². The standard InChI is InChI=1S/C24H30N2O3.C2H6/c1-19-11-6-3-2-4-9-16-25-18-21(19)17-22(24(28)29)26-23(27)15-10-14-20-12-7-5-8-13-20;1-2/h4-9,11-13,18,22,25H,1-3,10,14-17H2,(H,26,27)(H,28,29);1-2H3/b9-4-,11-6-,21-18-;. The fourth-order valence-electron chi connectivity index (χ4n) is 3.04. The largest absolute Gasteiger partial charge is 0.480 e. The molecule has 0 aliphatic carbocycles. The first-order valence-electron chi connectivity index (χ1n) is 11.1. The molecule has 0 fully saturated rings. The van der Waals surface area contributed by atoms with E-state index in [0.29, 0.717) is 19.4 Å². The summed E-state index contributed by atoms with van der Waals surface area (Å²) in [4.78, 5) is 24.0. The predicted molar refractivity (Wildman–Crippen MR) is 128 cm³/mol. The summed E-state index contributed by atoms with van der Waals surface area (Å²) < 4.78 is 0. The average molecular weight is 425 g/mol. The van der Waals surface area contributed by atoms with Crippen molar-refractivity contribution in [3.8, 4) is 0 Å². The van der Waals surface area contributed by atoms with Crippen molar-refractivity contribution in [1.29, 1.82) is 0 Å². The highest BCUT2D eigenvalue weighted by molar-refractivity contribution is 5.83. The molecule has 1 atom stereocenters. The number of rotatable bonds is 8. The van der Waals surface area contributed by atoms with Crippen LogP contribution in [-0.2, 0) is 16.0 Å². The van der Waals surface area contributed by atoms with E-state index < -0.39 is 12.0 Å². The molecule has 0 spiro atoms. The number of hydrogen-bond donors (Lipinski definition) is 3. The van der Waals surface area contributed by atoms with E-state index in [0.717, 1.165) is 30.4 Å². The monoisotopic (exact) mass is 424 g/mol. The van der Waals surface area contributed by atoms with Crippen LogP contribution in [0.1, 0.15) is 51.5 Å². The number of allylic oxidation sites excluding steroid dienone is 4. The van der Waals surface area contributed by atoms with Crippen LogP contribution >= 0.6 is 0 Å². The lowest BCUT2D eigenvalue weighted by atomic mass is 9.99. The topological polar surface area (TPSA) is 78.4 Å². The number of carbonyl (C=O) groups excluding carboxylic acids is 1. The van der Waals surface area contributed by atoms with Crippen molar-refractivity contribution >= 4 is 11.9 Å². The molecule has 0 aromatic heterocycles. The number of hydrogen-bond acceptors (Lipinski definition) is 3. The Hall–Kier alpha value is -3.08. The molecule has 1 aromatic rings. The minimum atomic E-state index is -1.05. The Morgan fingerprint density at radius 2 is 1.84 bits per heavy atom. The van der Waals surface area contributed by atoms with E-state index in [1.165, 1.54) is 5.56 Å². The average Bonchev–Trinajstić information content (AvgIpc) is 2.82. The van der Waals surface area contributed by atoms with Crippen LogP contribution in [0.2, 0.25) is 0 Å². The lowest BCUT2D eigenvalue weighted by Gasteiger charge is -2.17. The molecule has 1 heterocycles. The zero-order valence-electron chi connectivity index (χ0n) is 18.8. The van der Waals surface area contributed by atoms with Crippen molar-refractivity contribution < 1.29 is 14.7 Å². The maximum absolute atomic E-state index is 12.3. The van der Waals surface area contributed by atoms with Gasteiger partial charge in [0, 0.05) is 25.6 Å². The van der Waals surface area contributed by atoms with Crippen LogP contribution < -0.4 is 10.6 Å².